The first kappa shape index (κ1) is 22.1. The molecule has 0 bridgehead atoms. The summed E-state index contributed by atoms with van der Waals surface area (Å²) >= 11 is 0.394. The predicted octanol–water partition coefficient (Wildman–Crippen LogP) is 4.64. The van der Waals surface area contributed by atoms with E-state index in [1.807, 2.05) is 41.5 Å². The molecule has 0 aliphatic rings. The summed E-state index contributed by atoms with van der Waals surface area (Å²) in [6.45, 7) is 14.6. The summed E-state index contributed by atoms with van der Waals surface area (Å²) in [6, 6.07) is 0. The van der Waals surface area contributed by atoms with E-state index in [4.69, 9.17) is 27.1 Å². The van der Waals surface area contributed by atoms with Crippen molar-refractivity contribution < 1.29 is 40.3 Å². The van der Waals surface area contributed by atoms with Crippen LogP contribution in [0.2, 0.25) is 0 Å². The first-order valence-corrected chi connectivity index (χ1v) is 13.2. The van der Waals surface area contributed by atoms with Crippen LogP contribution in [0.1, 0.15) is 41.5 Å². The van der Waals surface area contributed by atoms with Crippen LogP contribution < -0.4 is 0 Å². The number of rotatable bonds is 12. The van der Waals surface area contributed by atoms with Crippen LogP contribution in [-0.2, 0) is 40.3 Å². The first-order valence-electron chi connectivity index (χ1n) is 7.39. The summed E-state index contributed by atoms with van der Waals surface area (Å²) in [5.74, 6) is 0. The van der Waals surface area contributed by atoms with E-state index in [0.717, 1.165) is 0 Å². The summed E-state index contributed by atoms with van der Waals surface area (Å²) in [5, 5.41) is 0. The Labute approximate surface area is 134 Å². The third kappa shape index (κ3) is 7.99. The standard InChI is InChI=1S/2C6H15O3P.Fe/c2*1-4-7-10(8-5-2)9-6-3;/h2*4-6H2,1-3H3;. The van der Waals surface area contributed by atoms with Crippen LogP contribution >= 0.6 is 12.4 Å². The van der Waals surface area contributed by atoms with Crippen LogP contribution in [0.5, 0.6) is 0 Å². The zero-order chi connectivity index (χ0) is 16.2. The Bertz CT molecular complexity index is 304. The third-order valence-corrected chi connectivity index (χ3v) is 14.0. The van der Waals surface area contributed by atoms with Gasteiger partial charge in [-0.1, -0.05) is 0 Å². The summed E-state index contributed by atoms with van der Waals surface area (Å²) < 4.78 is 35.2. The summed E-state index contributed by atoms with van der Waals surface area (Å²) in [5.41, 5.74) is 0. The SMILES string of the molecule is CCO[P](OCC)(OCC)=[Fe]=[P](OCC)(OCC)OCC. The van der Waals surface area contributed by atoms with E-state index in [0.29, 0.717) is 52.8 Å². The molecule has 0 atom stereocenters. The van der Waals surface area contributed by atoms with Gasteiger partial charge in [0.2, 0.25) is 0 Å². The van der Waals surface area contributed by atoms with Crippen molar-refractivity contribution in [2.24, 2.45) is 0 Å². The van der Waals surface area contributed by atoms with Gasteiger partial charge in [0.15, 0.2) is 0 Å². The van der Waals surface area contributed by atoms with Gasteiger partial charge < -0.3 is 0 Å². The fraction of sp³-hybridized carbons (Fsp3) is 1.00. The van der Waals surface area contributed by atoms with Gasteiger partial charge in [0.05, 0.1) is 0 Å². The Morgan fingerprint density at radius 1 is 0.476 bits per heavy atom. The molecule has 0 heterocycles. The molecule has 0 saturated heterocycles. The Balaban J connectivity index is 6.21. The van der Waals surface area contributed by atoms with Gasteiger partial charge in [0.25, 0.3) is 0 Å². The second-order valence-corrected chi connectivity index (χ2v) is 12.8. The van der Waals surface area contributed by atoms with Crippen LogP contribution in [0.25, 0.3) is 0 Å². The van der Waals surface area contributed by atoms with Crippen molar-refractivity contribution in [1.82, 2.24) is 0 Å². The van der Waals surface area contributed by atoms with E-state index >= 15 is 0 Å². The Kier molecular flexibility index (Phi) is 13.2. The topological polar surface area (TPSA) is 55.4 Å². The fourth-order valence-corrected chi connectivity index (χ4v) is 14.4. The summed E-state index contributed by atoms with van der Waals surface area (Å²) in [6.07, 6.45) is -5.06. The van der Waals surface area contributed by atoms with E-state index in [-0.39, 0.29) is 0 Å². The Morgan fingerprint density at radius 3 is 0.810 bits per heavy atom. The second-order valence-electron chi connectivity index (χ2n) is 3.41. The molecule has 0 saturated carbocycles. The molecule has 6 nitrogen and oxygen atoms in total. The maximum absolute atomic E-state index is 5.86. The maximum atomic E-state index is 5.86. The Hall–Kier alpha value is 1.14. The molecule has 0 radical (unpaired) electrons. The van der Waals surface area contributed by atoms with Gasteiger partial charge in [-0.25, -0.2) is 0 Å². The van der Waals surface area contributed by atoms with Crippen LogP contribution in [-0.4, -0.2) is 39.6 Å². The first-order chi connectivity index (χ1) is 10.1. The van der Waals surface area contributed by atoms with E-state index in [2.05, 4.69) is 0 Å². The number of hydrogen-bond acceptors (Lipinski definition) is 6. The van der Waals surface area contributed by atoms with E-state index in [1.54, 1.807) is 0 Å². The molecule has 0 aromatic carbocycles. The number of hydrogen-bond donors (Lipinski definition) is 0. The molecule has 0 aliphatic heterocycles. The van der Waals surface area contributed by atoms with Crippen molar-refractivity contribution in [3.63, 3.8) is 0 Å². The van der Waals surface area contributed by atoms with Gasteiger partial charge in [0.1, 0.15) is 0 Å². The normalized spacial score (nSPS) is 12.9. The zero-order valence-electron chi connectivity index (χ0n) is 13.9. The van der Waals surface area contributed by atoms with Crippen molar-refractivity contribution in [2.75, 3.05) is 39.6 Å². The molecule has 0 aromatic rings. The molecule has 21 heavy (non-hydrogen) atoms. The van der Waals surface area contributed by atoms with Crippen LogP contribution in [0.4, 0.5) is 0 Å². The molecule has 0 aromatic heterocycles. The molecule has 9 heteroatoms. The van der Waals surface area contributed by atoms with E-state index in [9.17, 15) is 0 Å². The van der Waals surface area contributed by atoms with E-state index in [1.165, 1.54) is 0 Å². The summed E-state index contributed by atoms with van der Waals surface area (Å²) in [4.78, 5) is 0. The monoisotopic (exact) mass is 388 g/mol. The predicted molar refractivity (Wildman–Crippen MR) is 83.6 cm³/mol. The third-order valence-electron chi connectivity index (χ3n) is 1.85. The molecule has 0 N–H and O–H groups in total. The average Bonchev–Trinajstić information content (AvgIpc) is 2.40. The van der Waals surface area contributed by atoms with Crippen LogP contribution in [0.15, 0.2) is 0 Å². The second kappa shape index (κ2) is 12.5. The van der Waals surface area contributed by atoms with Crippen LogP contribution in [0.3, 0.4) is 0 Å². The van der Waals surface area contributed by atoms with Gasteiger partial charge in [-0.2, -0.15) is 0 Å². The van der Waals surface area contributed by atoms with Crippen molar-refractivity contribution >= 4 is 12.4 Å². The molecular formula is C12H30FeO6P2. The van der Waals surface area contributed by atoms with Gasteiger partial charge in [-0.05, 0) is 0 Å². The summed E-state index contributed by atoms with van der Waals surface area (Å²) in [7, 11) is 0. The molecular weight excluding hydrogens is 358 g/mol. The molecule has 0 rings (SSSR count). The van der Waals surface area contributed by atoms with E-state index < -0.39 is 12.4 Å². The van der Waals surface area contributed by atoms with Gasteiger partial charge in [0, 0.05) is 0 Å². The average molecular weight is 388 g/mol. The van der Waals surface area contributed by atoms with Crippen LogP contribution in [0, 0.1) is 0 Å². The van der Waals surface area contributed by atoms with Crippen molar-refractivity contribution in [3.05, 3.63) is 0 Å². The quantitative estimate of drug-likeness (QED) is 0.359. The zero-order valence-corrected chi connectivity index (χ0v) is 16.8. The minimum absolute atomic E-state index is 0.394. The Morgan fingerprint density at radius 2 is 0.667 bits per heavy atom. The minimum atomic E-state index is -2.53. The molecule has 132 valence electrons. The molecule has 0 fully saturated rings. The van der Waals surface area contributed by atoms with Gasteiger partial charge in [-0.15, -0.1) is 0 Å². The van der Waals surface area contributed by atoms with Crippen molar-refractivity contribution in [1.29, 1.82) is 0 Å². The van der Waals surface area contributed by atoms with Crippen molar-refractivity contribution in [2.45, 2.75) is 41.5 Å². The van der Waals surface area contributed by atoms with Gasteiger partial charge in [-0.3, -0.25) is 0 Å². The fourth-order valence-electron chi connectivity index (χ4n) is 1.36. The molecule has 0 amide bonds. The van der Waals surface area contributed by atoms with Gasteiger partial charge >= 0.3 is 134 Å². The molecule has 0 aliphatic carbocycles. The van der Waals surface area contributed by atoms with Crippen molar-refractivity contribution in [3.8, 4) is 0 Å². The molecule has 0 unspecified atom stereocenters. The molecule has 0 spiro atoms.